The van der Waals surface area contributed by atoms with Gasteiger partial charge in [-0.1, -0.05) is 18.2 Å². The fourth-order valence-corrected chi connectivity index (χ4v) is 2.93. The first-order valence-corrected chi connectivity index (χ1v) is 7.96. The lowest BCUT2D eigenvalue weighted by Crippen LogP contribution is -2.36. The van der Waals surface area contributed by atoms with Gasteiger partial charge in [-0.2, -0.15) is 0 Å². The molecule has 1 aliphatic heterocycles. The van der Waals surface area contributed by atoms with Gasteiger partial charge >= 0.3 is 0 Å². The maximum atomic E-state index is 12.7. The molecule has 0 aliphatic carbocycles. The number of benzene rings is 1. The second kappa shape index (κ2) is 5.92. The molecule has 3 heterocycles. The standard InChI is InChI=1S/C19H17N3O2/c1-13-7-9-20-11-15(13)19(23)22-10-8-17-16(12-22)21-18(24-17)14-5-3-2-4-6-14/h2-7,9,11H,8,10,12H2,1H3. The average Bonchev–Trinajstić information content (AvgIpc) is 3.05. The van der Waals surface area contributed by atoms with Crippen LogP contribution in [0.1, 0.15) is 27.4 Å². The summed E-state index contributed by atoms with van der Waals surface area (Å²) in [5.41, 5.74) is 3.38. The molecule has 1 aromatic carbocycles. The first-order chi connectivity index (χ1) is 11.7. The number of oxazole rings is 1. The highest BCUT2D eigenvalue weighted by atomic mass is 16.4. The second-order valence-electron chi connectivity index (χ2n) is 5.92. The zero-order valence-electron chi connectivity index (χ0n) is 13.4. The summed E-state index contributed by atoms with van der Waals surface area (Å²) < 4.78 is 5.89. The number of carbonyl (C=O) groups is 1. The van der Waals surface area contributed by atoms with Crippen molar-refractivity contribution in [3.05, 3.63) is 71.4 Å². The summed E-state index contributed by atoms with van der Waals surface area (Å²) in [6, 6.07) is 11.7. The minimum absolute atomic E-state index is 0.00416. The number of hydrogen-bond acceptors (Lipinski definition) is 4. The minimum atomic E-state index is -0.00416. The summed E-state index contributed by atoms with van der Waals surface area (Å²) in [6.45, 7) is 3.02. The highest BCUT2D eigenvalue weighted by molar-refractivity contribution is 5.95. The zero-order valence-corrected chi connectivity index (χ0v) is 13.4. The lowest BCUT2D eigenvalue weighted by molar-refractivity contribution is 0.0727. The second-order valence-corrected chi connectivity index (χ2v) is 5.92. The van der Waals surface area contributed by atoms with Gasteiger partial charge in [-0.15, -0.1) is 0 Å². The molecule has 5 nitrogen and oxygen atoms in total. The Morgan fingerprint density at radius 2 is 2.04 bits per heavy atom. The van der Waals surface area contributed by atoms with Gasteiger partial charge < -0.3 is 9.32 Å². The van der Waals surface area contributed by atoms with E-state index in [-0.39, 0.29) is 5.91 Å². The Kier molecular flexibility index (Phi) is 3.61. The van der Waals surface area contributed by atoms with Crippen LogP contribution in [-0.4, -0.2) is 27.3 Å². The molecule has 1 amide bonds. The molecule has 0 atom stereocenters. The molecular formula is C19H17N3O2. The van der Waals surface area contributed by atoms with E-state index in [1.807, 2.05) is 48.2 Å². The van der Waals surface area contributed by atoms with Gasteiger partial charge in [0.25, 0.3) is 5.91 Å². The van der Waals surface area contributed by atoms with Crippen molar-refractivity contribution in [3.63, 3.8) is 0 Å². The molecule has 3 aromatic rings. The first kappa shape index (κ1) is 14.6. The summed E-state index contributed by atoms with van der Waals surface area (Å²) in [7, 11) is 0. The molecule has 120 valence electrons. The number of amides is 1. The largest absolute Gasteiger partial charge is 0.441 e. The van der Waals surface area contributed by atoms with Crippen molar-refractivity contribution >= 4 is 5.91 Å². The van der Waals surface area contributed by atoms with Crippen molar-refractivity contribution in [3.8, 4) is 11.5 Å². The Hall–Kier alpha value is -2.95. The molecule has 0 bridgehead atoms. The molecule has 0 spiro atoms. The van der Waals surface area contributed by atoms with E-state index in [1.54, 1.807) is 12.4 Å². The highest BCUT2D eigenvalue weighted by Crippen LogP contribution is 2.26. The molecule has 0 saturated carbocycles. The molecular weight excluding hydrogens is 302 g/mol. The summed E-state index contributed by atoms with van der Waals surface area (Å²) >= 11 is 0. The Labute approximate surface area is 140 Å². The third kappa shape index (κ3) is 2.58. The quantitative estimate of drug-likeness (QED) is 0.727. The van der Waals surface area contributed by atoms with Crippen LogP contribution < -0.4 is 0 Å². The SMILES string of the molecule is Cc1ccncc1C(=O)N1CCc2oc(-c3ccccc3)nc2C1. The fraction of sp³-hybridized carbons (Fsp3) is 0.211. The van der Waals surface area contributed by atoms with Gasteiger partial charge in [0, 0.05) is 30.9 Å². The van der Waals surface area contributed by atoms with Crippen LogP contribution in [0.3, 0.4) is 0 Å². The molecule has 0 saturated heterocycles. The topological polar surface area (TPSA) is 59.2 Å². The molecule has 0 N–H and O–H groups in total. The van der Waals surface area contributed by atoms with Crippen molar-refractivity contribution in [2.45, 2.75) is 19.9 Å². The number of carbonyl (C=O) groups excluding carboxylic acids is 1. The number of nitrogens with zero attached hydrogens (tertiary/aromatic N) is 3. The van der Waals surface area contributed by atoms with Gasteiger partial charge in [0.1, 0.15) is 11.5 Å². The Morgan fingerprint density at radius 3 is 2.83 bits per heavy atom. The Bertz CT molecular complexity index is 887. The van der Waals surface area contributed by atoms with Crippen LogP contribution in [0.25, 0.3) is 11.5 Å². The van der Waals surface area contributed by atoms with Crippen molar-refractivity contribution in [1.29, 1.82) is 0 Å². The molecule has 4 rings (SSSR count). The summed E-state index contributed by atoms with van der Waals surface area (Å²) in [5, 5.41) is 0. The number of pyridine rings is 1. The maximum absolute atomic E-state index is 12.7. The lowest BCUT2D eigenvalue weighted by Gasteiger charge is -2.25. The molecule has 0 radical (unpaired) electrons. The van der Waals surface area contributed by atoms with E-state index in [2.05, 4.69) is 9.97 Å². The minimum Gasteiger partial charge on any atom is -0.441 e. The van der Waals surface area contributed by atoms with Crippen LogP contribution in [0.4, 0.5) is 0 Å². The molecule has 1 aliphatic rings. The van der Waals surface area contributed by atoms with Gasteiger partial charge in [-0.25, -0.2) is 4.98 Å². The predicted molar refractivity (Wildman–Crippen MR) is 89.4 cm³/mol. The Balaban J connectivity index is 1.59. The molecule has 0 fully saturated rings. The van der Waals surface area contributed by atoms with E-state index in [1.165, 1.54) is 0 Å². The van der Waals surface area contributed by atoms with Crippen LogP contribution in [0, 0.1) is 6.92 Å². The third-order valence-corrected chi connectivity index (χ3v) is 4.31. The maximum Gasteiger partial charge on any atom is 0.256 e. The Morgan fingerprint density at radius 1 is 1.21 bits per heavy atom. The van der Waals surface area contributed by atoms with Gasteiger partial charge in [-0.05, 0) is 30.7 Å². The van der Waals surface area contributed by atoms with Gasteiger partial charge in [0.15, 0.2) is 0 Å². The predicted octanol–water partition coefficient (Wildman–Crippen LogP) is 3.24. The average molecular weight is 319 g/mol. The summed E-state index contributed by atoms with van der Waals surface area (Å²) in [5.74, 6) is 1.49. The van der Waals surface area contributed by atoms with Crippen molar-refractivity contribution in [2.75, 3.05) is 6.54 Å². The number of hydrogen-bond donors (Lipinski definition) is 0. The number of rotatable bonds is 2. The van der Waals surface area contributed by atoms with Crippen LogP contribution >= 0.6 is 0 Å². The van der Waals surface area contributed by atoms with Crippen LogP contribution in [0.15, 0.2) is 53.2 Å². The number of aryl methyl sites for hydroxylation is 1. The van der Waals surface area contributed by atoms with Crippen molar-refractivity contribution in [1.82, 2.24) is 14.9 Å². The van der Waals surface area contributed by atoms with Gasteiger partial charge in [0.2, 0.25) is 5.89 Å². The van der Waals surface area contributed by atoms with E-state index < -0.39 is 0 Å². The van der Waals surface area contributed by atoms with E-state index in [0.29, 0.717) is 31.0 Å². The summed E-state index contributed by atoms with van der Waals surface area (Å²) in [6.07, 6.45) is 4.01. The molecule has 2 aromatic heterocycles. The normalized spacial score (nSPS) is 13.6. The number of fused-ring (bicyclic) bond motifs is 1. The smallest absolute Gasteiger partial charge is 0.256 e. The van der Waals surface area contributed by atoms with E-state index in [9.17, 15) is 4.79 Å². The zero-order chi connectivity index (χ0) is 16.5. The molecule has 0 unspecified atom stereocenters. The third-order valence-electron chi connectivity index (χ3n) is 4.31. The molecule has 24 heavy (non-hydrogen) atoms. The van der Waals surface area contributed by atoms with Crippen molar-refractivity contribution < 1.29 is 9.21 Å². The fourth-order valence-electron chi connectivity index (χ4n) is 2.93. The molecule has 5 heteroatoms. The lowest BCUT2D eigenvalue weighted by atomic mass is 10.1. The van der Waals surface area contributed by atoms with E-state index in [4.69, 9.17) is 4.42 Å². The van der Waals surface area contributed by atoms with Crippen LogP contribution in [-0.2, 0) is 13.0 Å². The van der Waals surface area contributed by atoms with Crippen LogP contribution in [0.2, 0.25) is 0 Å². The van der Waals surface area contributed by atoms with E-state index >= 15 is 0 Å². The number of aromatic nitrogens is 2. The van der Waals surface area contributed by atoms with Gasteiger partial charge in [-0.3, -0.25) is 9.78 Å². The monoisotopic (exact) mass is 319 g/mol. The van der Waals surface area contributed by atoms with E-state index in [0.717, 1.165) is 22.6 Å². The summed E-state index contributed by atoms with van der Waals surface area (Å²) in [4.78, 5) is 23.2. The highest BCUT2D eigenvalue weighted by Gasteiger charge is 2.27. The first-order valence-electron chi connectivity index (χ1n) is 7.96. The van der Waals surface area contributed by atoms with Crippen LogP contribution in [0.5, 0.6) is 0 Å². The van der Waals surface area contributed by atoms with Crippen molar-refractivity contribution in [2.24, 2.45) is 0 Å². The van der Waals surface area contributed by atoms with Gasteiger partial charge in [0.05, 0.1) is 12.1 Å².